The molecule has 0 bridgehead atoms. The van der Waals surface area contributed by atoms with Gasteiger partial charge in [0.25, 0.3) is 0 Å². The molecular weight excluding hydrogens is 240 g/mol. The fraction of sp³-hybridized carbons (Fsp3) is 0.462. The smallest absolute Gasteiger partial charge is 0.307 e. The van der Waals surface area contributed by atoms with E-state index in [-0.39, 0.29) is 11.8 Å². The summed E-state index contributed by atoms with van der Waals surface area (Å²) in [7, 11) is 1.60. The maximum absolute atomic E-state index is 10.9. The van der Waals surface area contributed by atoms with Gasteiger partial charge in [-0.05, 0) is 37.5 Å². The maximum Gasteiger partial charge on any atom is 0.307 e. The van der Waals surface area contributed by atoms with E-state index in [9.17, 15) is 4.79 Å². The summed E-state index contributed by atoms with van der Waals surface area (Å²) < 4.78 is 5.34. The first kappa shape index (κ1) is 12.2. The average Bonchev–Trinajstić information content (AvgIpc) is 3.05. The van der Waals surface area contributed by atoms with Gasteiger partial charge in [-0.15, -0.1) is 0 Å². The molecule has 2 unspecified atom stereocenters. The van der Waals surface area contributed by atoms with Crippen LogP contribution in [0.2, 0.25) is 5.02 Å². The van der Waals surface area contributed by atoms with E-state index >= 15 is 0 Å². The van der Waals surface area contributed by atoms with E-state index < -0.39 is 5.97 Å². The van der Waals surface area contributed by atoms with Crippen LogP contribution in [0.25, 0.3) is 0 Å². The van der Waals surface area contributed by atoms with E-state index in [1.807, 2.05) is 19.9 Å². The number of benzene rings is 1. The Labute approximate surface area is 105 Å². The predicted molar refractivity (Wildman–Crippen MR) is 66.0 cm³/mol. The summed E-state index contributed by atoms with van der Waals surface area (Å²) in [6.45, 7) is 3.84. The van der Waals surface area contributed by atoms with Gasteiger partial charge in [0.15, 0.2) is 0 Å². The minimum absolute atomic E-state index is 0.0422. The molecule has 1 fully saturated rings. The summed E-state index contributed by atoms with van der Waals surface area (Å²) >= 11 is 6.21. The molecule has 2 rings (SSSR count). The van der Waals surface area contributed by atoms with Gasteiger partial charge >= 0.3 is 5.97 Å². The Bertz CT molecular complexity index is 482. The van der Waals surface area contributed by atoms with Crippen molar-refractivity contribution in [2.75, 3.05) is 7.11 Å². The molecule has 0 aromatic heterocycles. The first-order valence-corrected chi connectivity index (χ1v) is 5.91. The van der Waals surface area contributed by atoms with Gasteiger partial charge in [-0.2, -0.15) is 0 Å². The molecule has 0 saturated heterocycles. The van der Waals surface area contributed by atoms with Crippen LogP contribution in [0.1, 0.15) is 29.0 Å². The Morgan fingerprint density at radius 2 is 2.18 bits per heavy atom. The van der Waals surface area contributed by atoms with Gasteiger partial charge in [0.1, 0.15) is 5.75 Å². The third-order valence-electron chi connectivity index (χ3n) is 3.39. The van der Waals surface area contributed by atoms with Crippen molar-refractivity contribution >= 4 is 17.6 Å². The molecule has 4 heteroatoms. The highest BCUT2D eigenvalue weighted by Gasteiger charge is 2.46. The van der Waals surface area contributed by atoms with Crippen LogP contribution in [0, 0.1) is 19.8 Å². The van der Waals surface area contributed by atoms with Crippen molar-refractivity contribution in [1.82, 2.24) is 0 Å². The number of carbonyl (C=O) groups is 1. The molecule has 0 amide bonds. The van der Waals surface area contributed by atoms with Crippen LogP contribution in [0.15, 0.2) is 6.07 Å². The number of aliphatic carboxylic acids is 1. The average molecular weight is 255 g/mol. The molecule has 1 aliphatic rings. The van der Waals surface area contributed by atoms with Crippen molar-refractivity contribution in [3.8, 4) is 5.75 Å². The van der Waals surface area contributed by atoms with Gasteiger partial charge in [-0.1, -0.05) is 11.6 Å². The Kier molecular flexibility index (Phi) is 3.04. The molecule has 0 heterocycles. The zero-order valence-corrected chi connectivity index (χ0v) is 10.8. The number of hydrogen-bond acceptors (Lipinski definition) is 2. The topological polar surface area (TPSA) is 46.5 Å². The fourth-order valence-electron chi connectivity index (χ4n) is 2.35. The number of ether oxygens (including phenoxy) is 1. The molecule has 92 valence electrons. The highest BCUT2D eigenvalue weighted by molar-refractivity contribution is 6.32. The Morgan fingerprint density at radius 3 is 2.65 bits per heavy atom. The van der Waals surface area contributed by atoms with Crippen LogP contribution in [0.3, 0.4) is 0 Å². The summed E-state index contributed by atoms with van der Waals surface area (Å²) in [5.41, 5.74) is 2.85. The molecule has 1 saturated carbocycles. The standard InChI is InChI=1S/C13H15ClO3/c1-6-4-10(17-3)11(7(2)12(6)14)8-5-9(8)13(15)16/h4,8-9H,5H2,1-3H3,(H,15,16). The fourth-order valence-corrected chi connectivity index (χ4v) is 2.51. The molecule has 0 spiro atoms. The van der Waals surface area contributed by atoms with Gasteiger partial charge in [0, 0.05) is 16.5 Å². The van der Waals surface area contributed by atoms with E-state index in [2.05, 4.69) is 0 Å². The van der Waals surface area contributed by atoms with Crippen molar-refractivity contribution in [3.05, 3.63) is 27.8 Å². The van der Waals surface area contributed by atoms with Crippen LogP contribution in [0.5, 0.6) is 5.75 Å². The third-order valence-corrected chi connectivity index (χ3v) is 3.97. The highest BCUT2D eigenvalue weighted by Crippen LogP contribution is 2.53. The van der Waals surface area contributed by atoms with E-state index in [1.165, 1.54) is 0 Å². The van der Waals surface area contributed by atoms with Crippen molar-refractivity contribution in [2.24, 2.45) is 5.92 Å². The summed E-state index contributed by atoms with van der Waals surface area (Å²) in [6, 6.07) is 1.88. The Balaban J connectivity index is 2.47. The van der Waals surface area contributed by atoms with Gasteiger partial charge < -0.3 is 9.84 Å². The Morgan fingerprint density at radius 1 is 1.53 bits per heavy atom. The lowest BCUT2D eigenvalue weighted by atomic mass is 9.99. The summed E-state index contributed by atoms with van der Waals surface area (Å²) in [5.74, 6) is -0.242. The van der Waals surface area contributed by atoms with Crippen LogP contribution >= 0.6 is 11.6 Å². The second-order valence-corrected chi connectivity index (χ2v) is 4.91. The van der Waals surface area contributed by atoms with E-state index in [0.717, 1.165) is 22.4 Å². The predicted octanol–water partition coefficient (Wildman–Crippen LogP) is 3.15. The van der Waals surface area contributed by atoms with Gasteiger partial charge in [0.2, 0.25) is 0 Å². The molecule has 0 aliphatic heterocycles. The van der Waals surface area contributed by atoms with E-state index in [4.69, 9.17) is 21.4 Å². The quantitative estimate of drug-likeness (QED) is 0.901. The second kappa shape index (κ2) is 4.22. The zero-order chi connectivity index (χ0) is 12.7. The summed E-state index contributed by atoms with van der Waals surface area (Å²) in [6.07, 6.45) is 0.673. The van der Waals surface area contributed by atoms with Crippen molar-refractivity contribution in [1.29, 1.82) is 0 Å². The lowest BCUT2D eigenvalue weighted by Gasteiger charge is -2.14. The van der Waals surface area contributed by atoms with Crippen molar-refractivity contribution in [3.63, 3.8) is 0 Å². The van der Waals surface area contributed by atoms with Crippen molar-refractivity contribution < 1.29 is 14.6 Å². The first-order chi connectivity index (χ1) is 7.97. The van der Waals surface area contributed by atoms with Crippen LogP contribution in [-0.4, -0.2) is 18.2 Å². The zero-order valence-electron chi connectivity index (χ0n) is 10.1. The summed E-state index contributed by atoms with van der Waals surface area (Å²) in [5, 5.41) is 9.69. The number of halogens is 1. The highest BCUT2D eigenvalue weighted by atomic mass is 35.5. The van der Waals surface area contributed by atoms with Gasteiger partial charge in [-0.3, -0.25) is 4.79 Å². The number of hydrogen-bond donors (Lipinski definition) is 1. The number of rotatable bonds is 3. The molecule has 2 atom stereocenters. The molecule has 1 aromatic rings. The number of carboxylic acid groups (broad SMARTS) is 1. The van der Waals surface area contributed by atoms with Crippen LogP contribution in [0.4, 0.5) is 0 Å². The van der Waals surface area contributed by atoms with Crippen LogP contribution in [-0.2, 0) is 4.79 Å². The third kappa shape index (κ3) is 2.00. The molecular formula is C13H15ClO3. The second-order valence-electron chi connectivity index (χ2n) is 4.54. The minimum atomic E-state index is -0.742. The number of methoxy groups -OCH3 is 1. The SMILES string of the molecule is COc1cc(C)c(Cl)c(C)c1C1CC1C(=O)O. The minimum Gasteiger partial charge on any atom is -0.496 e. The van der Waals surface area contributed by atoms with Gasteiger partial charge in [-0.25, -0.2) is 0 Å². The monoisotopic (exact) mass is 254 g/mol. The number of aryl methyl sites for hydroxylation is 1. The lowest BCUT2D eigenvalue weighted by Crippen LogP contribution is -2.02. The Hall–Kier alpha value is -1.22. The van der Waals surface area contributed by atoms with E-state index in [1.54, 1.807) is 7.11 Å². The first-order valence-electron chi connectivity index (χ1n) is 5.53. The largest absolute Gasteiger partial charge is 0.496 e. The molecule has 3 nitrogen and oxygen atoms in total. The molecule has 17 heavy (non-hydrogen) atoms. The van der Waals surface area contributed by atoms with Crippen molar-refractivity contribution in [2.45, 2.75) is 26.2 Å². The summed E-state index contributed by atoms with van der Waals surface area (Å²) in [4.78, 5) is 10.9. The van der Waals surface area contributed by atoms with Gasteiger partial charge in [0.05, 0.1) is 13.0 Å². The molecule has 0 radical (unpaired) electrons. The molecule has 1 N–H and O–H groups in total. The van der Waals surface area contributed by atoms with Crippen LogP contribution < -0.4 is 4.74 Å². The maximum atomic E-state index is 10.9. The number of carboxylic acids is 1. The van der Waals surface area contributed by atoms with E-state index in [0.29, 0.717) is 11.4 Å². The normalized spacial score (nSPS) is 22.4. The molecule has 1 aromatic carbocycles. The molecule has 1 aliphatic carbocycles. The lowest BCUT2D eigenvalue weighted by molar-refractivity contribution is -0.138.